The minimum atomic E-state index is -0.245. The average Bonchev–Trinajstić information content (AvgIpc) is 2.13. The van der Waals surface area contributed by atoms with Crippen LogP contribution in [0.3, 0.4) is 0 Å². The number of rotatable bonds is 4. The van der Waals surface area contributed by atoms with E-state index in [1.165, 1.54) is 12.1 Å². The standard InChI is InChI=1S/C10H11FN2/c11-9-4-3-5-10(8-9)13-7-2-1-6-12/h3-5,8,13H,1-2,7H2. The summed E-state index contributed by atoms with van der Waals surface area (Å²) in [5, 5.41) is 11.3. The molecule has 0 aliphatic carbocycles. The van der Waals surface area contributed by atoms with E-state index in [1.54, 1.807) is 12.1 Å². The largest absolute Gasteiger partial charge is 0.385 e. The maximum absolute atomic E-state index is 12.7. The molecular weight excluding hydrogens is 167 g/mol. The highest BCUT2D eigenvalue weighted by Crippen LogP contribution is 2.08. The first-order valence-corrected chi connectivity index (χ1v) is 4.19. The quantitative estimate of drug-likeness (QED) is 0.719. The molecule has 1 rings (SSSR count). The molecule has 0 unspecified atom stereocenters. The van der Waals surface area contributed by atoms with E-state index in [4.69, 9.17) is 5.26 Å². The van der Waals surface area contributed by atoms with Crippen LogP contribution in [0.1, 0.15) is 12.8 Å². The van der Waals surface area contributed by atoms with Crippen molar-refractivity contribution >= 4 is 5.69 Å². The summed E-state index contributed by atoms with van der Waals surface area (Å²) in [6.45, 7) is 0.705. The van der Waals surface area contributed by atoms with Gasteiger partial charge in [0.15, 0.2) is 0 Å². The second kappa shape index (κ2) is 5.15. The maximum atomic E-state index is 12.7. The zero-order chi connectivity index (χ0) is 9.52. The van der Waals surface area contributed by atoms with Gasteiger partial charge in [0.05, 0.1) is 6.07 Å². The third-order valence-electron chi connectivity index (χ3n) is 1.62. The molecule has 0 bridgehead atoms. The van der Waals surface area contributed by atoms with Gasteiger partial charge in [-0.25, -0.2) is 4.39 Å². The van der Waals surface area contributed by atoms with Gasteiger partial charge in [-0.3, -0.25) is 0 Å². The molecule has 0 heterocycles. The molecule has 0 aliphatic heterocycles. The van der Waals surface area contributed by atoms with E-state index < -0.39 is 0 Å². The molecule has 0 saturated carbocycles. The van der Waals surface area contributed by atoms with Crippen molar-refractivity contribution in [3.05, 3.63) is 30.1 Å². The number of nitrogens with one attached hydrogen (secondary N) is 1. The highest BCUT2D eigenvalue weighted by Gasteiger charge is 1.92. The average molecular weight is 178 g/mol. The molecule has 1 aromatic carbocycles. The van der Waals surface area contributed by atoms with Crippen LogP contribution in [0.2, 0.25) is 0 Å². The van der Waals surface area contributed by atoms with Crippen molar-refractivity contribution in [2.75, 3.05) is 11.9 Å². The highest BCUT2D eigenvalue weighted by molar-refractivity contribution is 5.42. The predicted octanol–water partition coefficient (Wildman–Crippen LogP) is 2.54. The van der Waals surface area contributed by atoms with Gasteiger partial charge in [0.25, 0.3) is 0 Å². The summed E-state index contributed by atoms with van der Waals surface area (Å²) in [6.07, 6.45) is 1.31. The fourth-order valence-corrected chi connectivity index (χ4v) is 0.999. The van der Waals surface area contributed by atoms with Gasteiger partial charge >= 0.3 is 0 Å². The Labute approximate surface area is 77.0 Å². The molecule has 2 nitrogen and oxygen atoms in total. The molecule has 0 aromatic heterocycles. The fourth-order valence-electron chi connectivity index (χ4n) is 0.999. The second-order valence-electron chi connectivity index (χ2n) is 2.70. The summed E-state index contributed by atoms with van der Waals surface area (Å²) < 4.78 is 12.7. The van der Waals surface area contributed by atoms with Crippen molar-refractivity contribution in [1.29, 1.82) is 5.26 Å². The van der Waals surface area contributed by atoms with E-state index in [9.17, 15) is 4.39 Å². The Hall–Kier alpha value is -1.56. The molecule has 68 valence electrons. The van der Waals surface area contributed by atoms with Crippen LogP contribution in [0, 0.1) is 17.1 Å². The van der Waals surface area contributed by atoms with Gasteiger partial charge in [-0.1, -0.05) is 6.07 Å². The first kappa shape index (κ1) is 9.53. The topological polar surface area (TPSA) is 35.8 Å². The molecule has 13 heavy (non-hydrogen) atoms. The minimum absolute atomic E-state index is 0.245. The lowest BCUT2D eigenvalue weighted by Crippen LogP contribution is -2.00. The Morgan fingerprint density at radius 3 is 3.00 bits per heavy atom. The van der Waals surface area contributed by atoms with Crippen molar-refractivity contribution in [3.8, 4) is 6.07 Å². The minimum Gasteiger partial charge on any atom is -0.385 e. The van der Waals surface area contributed by atoms with E-state index in [1.807, 2.05) is 0 Å². The molecule has 0 spiro atoms. The van der Waals surface area contributed by atoms with Gasteiger partial charge < -0.3 is 5.32 Å². The number of nitriles is 1. The normalized spacial score (nSPS) is 9.23. The lowest BCUT2D eigenvalue weighted by Gasteiger charge is -2.03. The molecule has 0 atom stereocenters. The van der Waals surface area contributed by atoms with E-state index >= 15 is 0 Å². The zero-order valence-electron chi connectivity index (χ0n) is 7.26. The monoisotopic (exact) mass is 178 g/mol. The molecule has 0 fully saturated rings. The molecule has 0 aliphatic rings. The van der Waals surface area contributed by atoms with Crippen molar-refractivity contribution < 1.29 is 4.39 Å². The Balaban J connectivity index is 2.33. The van der Waals surface area contributed by atoms with Crippen LogP contribution < -0.4 is 5.32 Å². The van der Waals surface area contributed by atoms with E-state index in [2.05, 4.69) is 11.4 Å². The van der Waals surface area contributed by atoms with Crippen LogP contribution >= 0.6 is 0 Å². The maximum Gasteiger partial charge on any atom is 0.125 e. The Kier molecular flexibility index (Phi) is 3.77. The smallest absolute Gasteiger partial charge is 0.125 e. The number of anilines is 1. The SMILES string of the molecule is N#CCCCNc1cccc(F)c1. The predicted molar refractivity (Wildman–Crippen MR) is 49.7 cm³/mol. The van der Waals surface area contributed by atoms with Crippen molar-refractivity contribution in [3.63, 3.8) is 0 Å². The van der Waals surface area contributed by atoms with Crippen molar-refractivity contribution in [2.24, 2.45) is 0 Å². The lowest BCUT2D eigenvalue weighted by atomic mass is 10.3. The van der Waals surface area contributed by atoms with Gasteiger partial charge in [-0.05, 0) is 24.6 Å². The number of hydrogen-bond acceptors (Lipinski definition) is 2. The number of nitrogens with zero attached hydrogens (tertiary/aromatic N) is 1. The van der Waals surface area contributed by atoms with Gasteiger partial charge in [-0.15, -0.1) is 0 Å². The molecular formula is C10H11FN2. The van der Waals surface area contributed by atoms with E-state index in [-0.39, 0.29) is 5.82 Å². The molecule has 0 radical (unpaired) electrons. The van der Waals surface area contributed by atoms with Crippen LogP contribution in [-0.4, -0.2) is 6.54 Å². The third kappa shape index (κ3) is 3.57. The fraction of sp³-hybridized carbons (Fsp3) is 0.300. The summed E-state index contributed by atoms with van der Waals surface area (Å²) in [5.74, 6) is -0.245. The summed E-state index contributed by atoms with van der Waals surface area (Å²) in [7, 11) is 0. The van der Waals surface area contributed by atoms with Crippen LogP contribution in [0.25, 0.3) is 0 Å². The zero-order valence-corrected chi connectivity index (χ0v) is 7.26. The number of benzene rings is 1. The third-order valence-corrected chi connectivity index (χ3v) is 1.62. The Morgan fingerprint density at radius 1 is 1.46 bits per heavy atom. The van der Waals surface area contributed by atoms with Crippen molar-refractivity contribution in [2.45, 2.75) is 12.8 Å². The summed E-state index contributed by atoms with van der Waals surface area (Å²) in [4.78, 5) is 0. The van der Waals surface area contributed by atoms with Gasteiger partial charge in [0, 0.05) is 18.7 Å². The van der Waals surface area contributed by atoms with Gasteiger partial charge in [-0.2, -0.15) is 5.26 Å². The van der Waals surface area contributed by atoms with E-state index in [0.717, 1.165) is 12.1 Å². The second-order valence-corrected chi connectivity index (χ2v) is 2.70. The van der Waals surface area contributed by atoms with Crippen molar-refractivity contribution in [1.82, 2.24) is 0 Å². The molecule has 1 N–H and O–H groups in total. The lowest BCUT2D eigenvalue weighted by molar-refractivity contribution is 0.628. The summed E-state index contributed by atoms with van der Waals surface area (Å²) >= 11 is 0. The van der Waals surface area contributed by atoms with E-state index in [0.29, 0.717) is 13.0 Å². The van der Waals surface area contributed by atoms with Crippen LogP contribution in [0.5, 0.6) is 0 Å². The Morgan fingerprint density at radius 2 is 2.31 bits per heavy atom. The molecule has 3 heteroatoms. The molecule has 0 amide bonds. The van der Waals surface area contributed by atoms with Crippen LogP contribution in [-0.2, 0) is 0 Å². The Bertz CT molecular complexity index is 304. The molecule has 1 aromatic rings. The van der Waals surface area contributed by atoms with Gasteiger partial charge in [0.1, 0.15) is 5.82 Å². The number of hydrogen-bond donors (Lipinski definition) is 1. The van der Waals surface area contributed by atoms with Gasteiger partial charge in [0.2, 0.25) is 0 Å². The highest BCUT2D eigenvalue weighted by atomic mass is 19.1. The number of unbranched alkanes of at least 4 members (excludes halogenated alkanes) is 1. The van der Waals surface area contributed by atoms with Crippen LogP contribution in [0.15, 0.2) is 24.3 Å². The summed E-state index contributed by atoms with van der Waals surface area (Å²) in [5.41, 5.74) is 0.762. The first-order chi connectivity index (χ1) is 6.33. The number of halogens is 1. The van der Waals surface area contributed by atoms with Crippen LogP contribution in [0.4, 0.5) is 10.1 Å². The summed E-state index contributed by atoms with van der Waals surface area (Å²) in [6, 6.07) is 8.35. The first-order valence-electron chi connectivity index (χ1n) is 4.19. The molecule has 0 saturated heterocycles.